The Balaban J connectivity index is 0.00000363. The summed E-state index contributed by atoms with van der Waals surface area (Å²) in [7, 11) is 1.69. The van der Waals surface area contributed by atoms with Crippen LogP contribution in [0.5, 0.6) is 11.6 Å². The lowest BCUT2D eigenvalue weighted by molar-refractivity contribution is 0.368. The smallest absolute Gasteiger partial charge is 0.224 e. The summed E-state index contributed by atoms with van der Waals surface area (Å²) in [5.74, 6) is 2.19. The summed E-state index contributed by atoms with van der Waals surface area (Å²) in [6, 6.07) is 11.7. The van der Waals surface area contributed by atoms with Crippen LogP contribution in [0.15, 0.2) is 58.2 Å². The molecule has 0 unspecified atom stereocenters. The molecule has 7 nitrogen and oxygen atoms in total. The number of aliphatic imine (C=N–C) groups is 1. The molecule has 1 aromatic carbocycles. The van der Waals surface area contributed by atoms with Crippen LogP contribution in [-0.4, -0.2) is 23.1 Å². The number of halogens is 2. The van der Waals surface area contributed by atoms with Crippen molar-refractivity contribution in [3.8, 4) is 11.6 Å². The molecule has 0 radical (unpaired) electrons. The molecule has 0 spiro atoms. The molecule has 3 aromatic rings. The second kappa shape index (κ2) is 13.0. The van der Waals surface area contributed by atoms with E-state index in [1.54, 1.807) is 25.4 Å². The van der Waals surface area contributed by atoms with Crippen LogP contribution in [0.2, 0.25) is 0 Å². The molecular formula is C23H29FIN5O2. The summed E-state index contributed by atoms with van der Waals surface area (Å²) in [5.41, 5.74) is 1.80. The predicted octanol–water partition coefficient (Wildman–Crippen LogP) is 5.39. The van der Waals surface area contributed by atoms with Gasteiger partial charge in [-0.3, -0.25) is 4.99 Å². The topological polar surface area (TPSA) is 84.6 Å². The number of nitrogens with one attached hydrogen (secondary N) is 2. The van der Waals surface area contributed by atoms with Crippen LogP contribution in [0.1, 0.15) is 49.6 Å². The second-order valence-electron chi connectivity index (χ2n) is 7.04. The zero-order chi connectivity index (χ0) is 22.1. The van der Waals surface area contributed by atoms with Gasteiger partial charge in [0.15, 0.2) is 11.7 Å². The van der Waals surface area contributed by atoms with Gasteiger partial charge in [-0.05, 0) is 31.0 Å². The highest BCUT2D eigenvalue weighted by molar-refractivity contribution is 14.0. The van der Waals surface area contributed by atoms with Gasteiger partial charge in [0.2, 0.25) is 5.88 Å². The second-order valence-corrected chi connectivity index (χ2v) is 7.04. The van der Waals surface area contributed by atoms with Crippen LogP contribution in [0.4, 0.5) is 4.39 Å². The molecule has 32 heavy (non-hydrogen) atoms. The number of nitrogens with zero attached hydrogens (tertiary/aromatic N) is 3. The first-order valence-electron chi connectivity index (χ1n) is 10.4. The van der Waals surface area contributed by atoms with Crippen LogP contribution in [0.3, 0.4) is 0 Å². The highest BCUT2D eigenvalue weighted by atomic mass is 127. The van der Waals surface area contributed by atoms with Crippen molar-refractivity contribution in [3.05, 3.63) is 71.5 Å². The quantitative estimate of drug-likeness (QED) is 0.210. The Labute approximate surface area is 204 Å². The Morgan fingerprint density at radius 1 is 1.12 bits per heavy atom. The SMILES string of the molecule is CCC(CC)c1cc(CNC(=NC)NCc2cccnc2Oc2cccc(F)c2)on1.I. The van der Waals surface area contributed by atoms with Crippen LogP contribution in [-0.2, 0) is 13.1 Å². The van der Waals surface area contributed by atoms with E-state index in [1.165, 1.54) is 12.1 Å². The number of aromatic nitrogens is 2. The van der Waals surface area contributed by atoms with Crippen LogP contribution in [0.25, 0.3) is 0 Å². The Kier molecular flexibility index (Phi) is 10.4. The summed E-state index contributed by atoms with van der Waals surface area (Å²) < 4.78 is 24.6. The molecule has 0 aliphatic carbocycles. The van der Waals surface area contributed by atoms with Gasteiger partial charge in [-0.1, -0.05) is 31.1 Å². The van der Waals surface area contributed by atoms with E-state index < -0.39 is 0 Å². The first-order chi connectivity index (χ1) is 15.1. The van der Waals surface area contributed by atoms with Crippen molar-refractivity contribution in [2.75, 3.05) is 7.05 Å². The molecule has 3 rings (SSSR count). The number of pyridine rings is 1. The fraction of sp³-hybridized carbons (Fsp3) is 0.348. The standard InChI is InChI=1S/C23H28FN5O2.HI/c1-4-16(5-2)21-13-20(31-29-21)15-28-23(25-3)27-14-17-8-7-11-26-22(17)30-19-10-6-9-18(24)12-19;/h6-13,16H,4-5,14-15H2,1-3H3,(H2,25,27,28);1H. The van der Waals surface area contributed by atoms with Crippen LogP contribution < -0.4 is 15.4 Å². The highest BCUT2D eigenvalue weighted by Crippen LogP contribution is 2.24. The van der Waals surface area contributed by atoms with Gasteiger partial charge in [-0.25, -0.2) is 9.37 Å². The van der Waals surface area contributed by atoms with Crippen molar-refractivity contribution >= 4 is 29.9 Å². The van der Waals surface area contributed by atoms with E-state index >= 15 is 0 Å². The van der Waals surface area contributed by atoms with Gasteiger partial charge in [0.1, 0.15) is 11.6 Å². The third kappa shape index (κ3) is 7.18. The summed E-state index contributed by atoms with van der Waals surface area (Å²) in [5, 5.41) is 10.6. The zero-order valence-corrected chi connectivity index (χ0v) is 20.8. The van der Waals surface area contributed by atoms with Gasteiger partial charge in [0, 0.05) is 43.4 Å². The molecule has 0 amide bonds. The lowest BCUT2D eigenvalue weighted by atomic mass is 9.99. The summed E-state index contributed by atoms with van der Waals surface area (Å²) in [4.78, 5) is 8.51. The minimum Gasteiger partial charge on any atom is -0.439 e. The number of benzene rings is 1. The van der Waals surface area contributed by atoms with Crippen molar-refractivity contribution in [1.29, 1.82) is 0 Å². The van der Waals surface area contributed by atoms with Crippen molar-refractivity contribution in [2.24, 2.45) is 4.99 Å². The predicted molar refractivity (Wildman–Crippen MR) is 133 cm³/mol. The molecule has 0 bridgehead atoms. The molecular weight excluding hydrogens is 524 g/mol. The molecule has 0 atom stereocenters. The minimum atomic E-state index is -0.363. The van der Waals surface area contributed by atoms with Crippen molar-refractivity contribution in [1.82, 2.24) is 20.8 Å². The van der Waals surface area contributed by atoms with Gasteiger partial charge in [-0.2, -0.15) is 0 Å². The maximum absolute atomic E-state index is 13.4. The summed E-state index contributed by atoms with van der Waals surface area (Å²) in [6.07, 6.45) is 3.70. The number of guanidine groups is 1. The van der Waals surface area contributed by atoms with E-state index in [0.717, 1.165) is 29.9 Å². The van der Waals surface area contributed by atoms with Crippen LogP contribution in [0, 0.1) is 5.82 Å². The summed E-state index contributed by atoms with van der Waals surface area (Å²) >= 11 is 0. The maximum atomic E-state index is 13.4. The Hall–Kier alpha value is -2.69. The Morgan fingerprint density at radius 2 is 1.91 bits per heavy atom. The van der Waals surface area contributed by atoms with Gasteiger partial charge in [-0.15, -0.1) is 24.0 Å². The van der Waals surface area contributed by atoms with E-state index in [9.17, 15) is 4.39 Å². The molecule has 9 heteroatoms. The fourth-order valence-electron chi connectivity index (χ4n) is 3.17. The lowest BCUT2D eigenvalue weighted by Gasteiger charge is -2.13. The van der Waals surface area contributed by atoms with E-state index in [4.69, 9.17) is 9.26 Å². The number of hydrogen-bond acceptors (Lipinski definition) is 5. The summed E-state index contributed by atoms with van der Waals surface area (Å²) in [6.45, 7) is 5.19. The monoisotopic (exact) mass is 553 g/mol. The Morgan fingerprint density at radius 3 is 2.62 bits per heavy atom. The van der Waals surface area contributed by atoms with Gasteiger partial charge < -0.3 is 19.9 Å². The highest BCUT2D eigenvalue weighted by Gasteiger charge is 2.13. The third-order valence-corrected chi connectivity index (χ3v) is 4.94. The Bertz CT molecular complexity index is 1010. The molecule has 172 valence electrons. The fourth-order valence-corrected chi connectivity index (χ4v) is 3.17. The largest absolute Gasteiger partial charge is 0.439 e. The van der Waals surface area contributed by atoms with Crippen LogP contribution >= 0.6 is 24.0 Å². The van der Waals surface area contributed by atoms with Crippen molar-refractivity contribution in [2.45, 2.75) is 45.7 Å². The van der Waals surface area contributed by atoms with E-state index in [0.29, 0.717) is 36.6 Å². The molecule has 2 N–H and O–H groups in total. The average molecular weight is 553 g/mol. The minimum absolute atomic E-state index is 0. The molecule has 0 fully saturated rings. The zero-order valence-electron chi connectivity index (χ0n) is 18.5. The number of ether oxygens (including phenoxy) is 1. The van der Waals surface area contributed by atoms with E-state index in [2.05, 4.69) is 39.6 Å². The maximum Gasteiger partial charge on any atom is 0.224 e. The van der Waals surface area contributed by atoms with E-state index in [-0.39, 0.29) is 29.8 Å². The number of hydrogen-bond donors (Lipinski definition) is 2. The normalized spacial score (nSPS) is 11.2. The molecule has 2 heterocycles. The number of rotatable bonds is 9. The van der Waals surface area contributed by atoms with Gasteiger partial charge in [0.25, 0.3) is 0 Å². The molecule has 0 saturated heterocycles. The van der Waals surface area contributed by atoms with Gasteiger partial charge in [0.05, 0.1) is 12.2 Å². The first kappa shape index (κ1) is 25.6. The van der Waals surface area contributed by atoms with Crippen molar-refractivity contribution < 1.29 is 13.7 Å². The van der Waals surface area contributed by atoms with Crippen molar-refractivity contribution in [3.63, 3.8) is 0 Å². The third-order valence-electron chi connectivity index (χ3n) is 4.94. The molecule has 0 saturated carbocycles. The first-order valence-corrected chi connectivity index (χ1v) is 10.4. The molecule has 0 aliphatic heterocycles. The lowest BCUT2D eigenvalue weighted by Crippen LogP contribution is -2.36. The van der Waals surface area contributed by atoms with E-state index in [1.807, 2.05) is 18.2 Å². The average Bonchev–Trinajstić information content (AvgIpc) is 3.24. The molecule has 0 aliphatic rings. The van der Waals surface area contributed by atoms with Gasteiger partial charge >= 0.3 is 0 Å². The molecule has 2 aromatic heterocycles.